The summed E-state index contributed by atoms with van der Waals surface area (Å²) in [6.45, 7) is 3.19. The van der Waals surface area contributed by atoms with Crippen molar-refractivity contribution in [3.05, 3.63) is 35.1 Å². The molecule has 1 saturated heterocycles. The van der Waals surface area contributed by atoms with E-state index in [-0.39, 0.29) is 0 Å². The molecule has 0 amide bonds. The highest BCUT2D eigenvalue weighted by molar-refractivity contribution is 5.27. The summed E-state index contributed by atoms with van der Waals surface area (Å²) >= 11 is 0. The number of nitrogens with one attached hydrogen (secondary N) is 1. The van der Waals surface area contributed by atoms with Gasteiger partial charge >= 0.3 is 6.18 Å². The van der Waals surface area contributed by atoms with Crippen LogP contribution in [-0.2, 0) is 12.7 Å². The molecule has 1 unspecified atom stereocenters. The van der Waals surface area contributed by atoms with Crippen LogP contribution in [0.4, 0.5) is 17.6 Å². The fraction of sp³-hybridized carbons (Fsp3) is 0.600. The van der Waals surface area contributed by atoms with Gasteiger partial charge in [0.25, 0.3) is 0 Å². The molecule has 1 aromatic rings. The molecule has 1 aromatic carbocycles. The molecule has 1 fully saturated rings. The molecule has 0 aliphatic carbocycles. The molecule has 1 aliphatic rings. The van der Waals surface area contributed by atoms with Crippen LogP contribution in [-0.4, -0.2) is 31.6 Å². The Kier molecular flexibility index (Phi) is 5.22. The van der Waals surface area contributed by atoms with Gasteiger partial charge in [-0.15, -0.1) is 0 Å². The van der Waals surface area contributed by atoms with Crippen molar-refractivity contribution in [2.45, 2.75) is 25.6 Å². The maximum atomic E-state index is 13.2. The van der Waals surface area contributed by atoms with Crippen molar-refractivity contribution < 1.29 is 17.6 Å². The minimum absolute atomic E-state index is 0.389. The fourth-order valence-electron chi connectivity index (χ4n) is 2.78. The first-order chi connectivity index (χ1) is 9.86. The smallest absolute Gasteiger partial charge is 0.316 e. The van der Waals surface area contributed by atoms with Gasteiger partial charge in [0, 0.05) is 13.1 Å². The van der Waals surface area contributed by atoms with Crippen molar-refractivity contribution in [1.29, 1.82) is 0 Å². The van der Waals surface area contributed by atoms with E-state index in [4.69, 9.17) is 0 Å². The highest BCUT2D eigenvalue weighted by atomic mass is 19.4. The molecule has 2 nitrogen and oxygen atoms in total. The van der Waals surface area contributed by atoms with E-state index in [0.717, 1.165) is 44.6 Å². The number of halogens is 4. The summed E-state index contributed by atoms with van der Waals surface area (Å²) in [6.07, 6.45) is -2.38. The van der Waals surface area contributed by atoms with Crippen LogP contribution in [0.3, 0.4) is 0 Å². The summed E-state index contributed by atoms with van der Waals surface area (Å²) in [5.74, 6) is -0.698. The van der Waals surface area contributed by atoms with E-state index in [0.29, 0.717) is 18.0 Å². The summed E-state index contributed by atoms with van der Waals surface area (Å²) in [7, 11) is 1.88. The molecule has 21 heavy (non-hydrogen) atoms. The fourth-order valence-corrected chi connectivity index (χ4v) is 2.78. The first-order valence-corrected chi connectivity index (χ1v) is 7.11. The lowest BCUT2D eigenvalue weighted by Gasteiger charge is -2.27. The molecule has 1 heterocycles. The van der Waals surface area contributed by atoms with Gasteiger partial charge in [-0.2, -0.15) is 13.2 Å². The molecule has 118 valence electrons. The molecular weight excluding hydrogens is 284 g/mol. The van der Waals surface area contributed by atoms with E-state index in [1.165, 1.54) is 6.07 Å². The third kappa shape index (κ3) is 4.68. The van der Waals surface area contributed by atoms with Gasteiger partial charge in [0.2, 0.25) is 0 Å². The molecule has 1 N–H and O–H groups in total. The number of rotatable bonds is 4. The molecule has 6 heteroatoms. The zero-order chi connectivity index (χ0) is 15.5. The molecule has 0 aromatic heterocycles. The summed E-state index contributed by atoms with van der Waals surface area (Å²) in [5, 5.41) is 3.32. The van der Waals surface area contributed by atoms with Crippen LogP contribution < -0.4 is 5.32 Å². The van der Waals surface area contributed by atoms with Crippen LogP contribution in [0.5, 0.6) is 0 Å². The maximum absolute atomic E-state index is 13.2. The number of hydrogen-bond acceptors (Lipinski definition) is 2. The molecule has 0 bridgehead atoms. The van der Waals surface area contributed by atoms with Crippen molar-refractivity contribution in [2.75, 3.05) is 26.7 Å². The van der Waals surface area contributed by atoms with E-state index in [2.05, 4.69) is 5.32 Å². The van der Waals surface area contributed by atoms with Crippen molar-refractivity contribution >= 4 is 0 Å². The molecule has 1 aliphatic heterocycles. The van der Waals surface area contributed by atoms with Crippen LogP contribution in [0.25, 0.3) is 0 Å². The van der Waals surface area contributed by atoms with Gasteiger partial charge < -0.3 is 10.2 Å². The summed E-state index contributed by atoms with van der Waals surface area (Å²) in [4.78, 5) is 1.99. The lowest BCUT2D eigenvalue weighted by molar-refractivity contribution is -0.140. The van der Waals surface area contributed by atoms with Gasteiger partial charge in [-0.05, 0) is 56.6 Å². The number of nitrogens with zero attached hydrogens (tertiary/aromatic N) is 1. The summed E-state index contributed by atoms with van der Waals surface area (Å²) in [6, 6.07) is 3.22. The van der Waals surface area contributed by atoms with Crippen LogP contribution in [0.2, 0.25) is 0 Å². The van der Waals surface area contributed by atoms with E-state index in [1.54, 1.807) is 0 Å². The zero-order valence-electron chi connectivity index (χ0n) is 12.0. The average molecular weight is 304 g/mol. The van der Waals surface area contributed by atoms with Gasteiger partial charge in [0.1, 0.15) is 5.82 Å². The molecule has 1 atom stereocenters. The lowest BCUT2D eigenvalue weighted by Crippen LogP contribution is -2.36. The topological polar surface area (TPSA) is 15.3 Å². The normalized spacial score (nSPS) is 20.0. The van der Waals surface area contributed by atoms with E-state index < -0.39 is 17.6 Å². The average Bonchev–Trinajstić information content (AvgIpc) is 2.41. The standard InChI is InChI=1S/C15H20F4N2/c1-21(10-12-3-2-6-20-8-12)9-11-4-5-14(16)13(7-11)15(17,18)19/h4-5,7,12,20H,2-3,6,8-10H2,1H3. The largest absolute Gasteiger partial charge is 0.419 e. The van der Waals surface area contributed by atoms with Gasteiger partial charge in [-0.25, -0.2) is 4.39 Å². The summed E-state index contributed by atoms with van der Waals surface area (Å²) in [5.41, 5.74) is -0.706. The minimum atomic E-state index is -4.65. The Bertz CT molecular complexity index is 467. The van der Waals surface area contributed by atoms with Gasteiger partial charge in [-0.1, -0.05) is 6.07 Å². The molecular formula is C15H20F4N2. The van der Waals surface area contributed by atoms with Crippen LogP contribution in [0, 0.1) is 11.7 Å². The Morgan fingerprint density at radius 2 is 2.10 bits per heavy atom. The predicted molar refractivity (Wildman–Crippen MR) is 73.3 cm³/mol. The van der Waals surface area contributed by atoms with Crippen molar-refractivity contribution in [2.24, 2.45) is 5.92 Å². The lowest BCUT2D eigenvalue weighted by atomic mass is 9.99. The Morgan fingerprint density at radius 1 is 1.33 bits per heavy atom. The minimum Gasteiger partial charge on any atom is -0.316 e. The van der Waals surface area contributed by atoms with E-state index >= 15 is 0 Å². The first-order valence-electron chi connectivity index (χ1n) is 7.11. The molecule has 2 rings (SSSR count). The van der Waals surface area contributed by atoms with E-state index in [1.807, 2.05) is 11.9 Å². The second-order valence-electron chi connectivity index (χ2n) is 5.72. The van der Waals surface area contributed by atoms with Crippen LogP contribution in [0.15, 0.2) is 18.2 Å². The Labute approximate surface area is 122 Å². The third-order valence-electron chi connectivity index (χ3n) is 3.76. The number of piperidine rings is 1. The second-order valence-corrected chi connectivity index (χ2v) is 5.72. The van der Waals surface area contributed by atoms with Crippen LogP contribution >= 0.6 is 0 Å². The van der Waals surface area contributed by atoms with Crippen molar-refractivity contribution in [1.82, 2.24) is 10.2 Å². The highest BCUT2D eigenvalue weighted by Gasteiger charge is 2.34. The quantitative estimate of drug-likeness (QED) is 0.859. The van der Waals surface area contributed by atoms with Crippen molar-refractivity contribution in [3.8, 4) is 0 Å². The third-order valence-corrected chi connectivity index (χ3v) is 3.76. The van der Waals surface area contributed by atoms with Crippen LogP contribution in [0.1, 0.15) is 24.0 Å². The van der Waals surface area contributed by atoms with Gasteiger partial charge in [0.15, 0.2) is 0 Å². The number of benzene rings is 1. The Balaban J connectivity index is 1.98. The number of hydrogen-bond donors (Lipinski definition) is 1. The number of alkyl halides is 3. The zero-order valence-corrected chi connectivity index (χ0v) is 12.0. The van der Waals surface area contributed by atoms with Gasteiger partial charge in [0.05, 0.1) is 5.56 Å². The SMILES string of the molecule is CN(Cc1ccc(F)c(C(F)(F)F)c1)CC1CCCNC1. The monoisotopic (exact) mass is 304 g/mol. The Hall–Kier alpha value is -1.14. The van der Waals surface area contributed by atoms with Crippen molar-refractivity contribution in [3.63, 3.8) is 0 Å². The van der Waals surface area contributed by atoms with Gasteiger partial charge in [-0.3, -0.25) is 0 Å². The van der Waals surface area contributed by atoms with E-state index in [9.17, 15) is 17.6 Å². The maximum Gasteiger partial charge on any atom is 0.419 e. The first kappa shape index (κ1) is 16.2. The second kappa shape index (κ2) is 6.75. The molecule has 0 saturated carbocycles. The summed E-state index contributed by atoms with van der Waals surface area (Å²) < 4.78 is 51.3. The Morgan fingerprint density at radius 3 is 2.71 bits per heavy atom. The highest BCUT2D eigenvalue weighted by Crippen LogP contribution is 2.32. The molecule has 0 radical (unpaired) electrons. The predicted octanol–water partition coefficient (Wildman–Crippen LogP) is 3.28. The molecule has 0 spiro atoms.